The number of hydrogen-bond acceptors (Lipinski definition) is 0. The van der Waals surface area contributed by atoms with Crippen molar-refractivity contribution in [2.24, 2.45) is 0 Å². The monoisotopic (exact) mass is 178 g/mol. The van der Waals surface area contributed by atoms with Crippen LogP contribution >= 0.6 is 0 Å². The Bertz CT molecular complexity index is 3.90. The van der Waals surface area contributed by atoms with Crippen molar-refractivity contribution >= 4 is 45.5 Å². The molecule has 10 N–H and O–H groups in total. The van der Waals surface area contributed by atoms with Gasteiger partial charge in [-0.3, -0.25) is 0 Å². The standard InChI is InChI=1S/5H2O.Sr/h5*1H2;. The molecule has 0 aliphatic carbocycles. The summed E-state index contributed by atoms with van der Waals surface area (Å²) in [5, 5.41) is 0. The maximum atomic E-state index is 0. The van der Waals surface area contributed by atoms with E-state index in [1.807, 2.05) is 0 Å². The summed E-state index contributed by atoms with van der Waals surface area (Å²) >= 11 is 0. The first-order valence-electron chi connectivity index (χ1n) is 0. The predicted molar refractivity (Wildman–Crippen MR) is 23.8 cm³/mol. The molecule has 6 heteroatoms. The topological polar surface area (TPSA) is 158 Å². The molecule has 42 valence electrons. The third-order valence-electron chi connectivity index (χ3n) is 0. The van der Waals surface area contributed by atoms with Crippen LogP contribution in [0.2, 0.25) is 0 Å². The molecule has 0 rings (SSSR count). The van der Waals surface area contributed by atoms with Crippen molar-refractivity contribution in [2.75, 3.05) is 0 Å². The maximum Gasteiger partial charge on any atom is 0 e. The van der Waals surface area contributed by atoms with Crippen LogP contribution in [0.1, 0.15) is 0 Å². The Balaban J connectivity index is 0. The first-order valence-corrected chi connectivity index (χ1v) is 0. The van der Waals surface area contributed by atoms with Crippen LogP contribution in [0.5, 0.6) is 0 Å². The second kappa shape index (κ2) is 107. The van der Waals surface area contributed by atoms with Gasteiger partial charge in [0, 0.05) is 45.5 Å². The van der Waals surface area contributed by atoms with E-state index in [2.05, 4.69) is 0 Å². The van der Waals surface area contributed by atoms with Crippen molar-refractivity contribution in [1.29, 1.82) is 0 Å². The van der Waals surface area contributed by atoms with Gasteiger partial charge in [-0.25, -0.2) is 0 Å². The molecule has 0 aromatic heterocycles. The molecule has 0 saturated carbocycles. The van der Waals surface area contributed by atoms with Crippen LogP contribution in [0, 0.1) is 0 Å². The van der Waals surface area contributed by atoms with Crippen molar-refractivity contribution in [1.82, 2.24) is 0 Å². The minimum atomic E-state index is 0. The average Bonchev–Trinajstić information content (AvgIpc) is 0. The molecule has 0 saturated heterocycles. The summed E-state index contributed by atoms with van der Waals surface area (Å²) in [7, 11) is 0. The third-order valence-corrected chi connectivity index (χ3v) is 0. The van der Waals surface area contributed by atoms with Gasteiger partial charge >= 0.3 is 0 Å². The van der Waals surface area contributed by atoms with Crippen molar-refractivity contribution in [3.05, 3.63) is 0 Å². The number of rotatable bonds is 0. The van der Waals surface area contributed by atoms with Gasteiger partial charge in [-0.1, -0.05) is 0 Å². The van der Waals surface area contributed by atoms with Gasteiger partial charge in [-0.2, -0.15) is 0 Å². The Labute approximate surface area is 72.2 Å². The van der Waals surface area contributed by atoms with Crippen molar-refractivity contribution in [3.63, 3.8) is 0 Å². The van der Waals surface area contributed by atoms with Gasteiger partial charge < -0.3 is 27.4 Å². The van der Waals surface area contributed by atoms with E-state index < -0.39 is 0 Å². The first-order chi connectivity index (χ1) is 0. The summed E-state index contributed by atoms with van der Waals surface area (Å²) in [4.78, 5) is 0. The van der Waals surface area contributed by atoms with E-state index in [1.165, 1.54) is 0 Å². The zero-order valence-corrected chi connectivity index (χ0v) is 6.68. The molecule has 0 atom stereocenters. The molecule has 0 aromatic carbocycles. The molecule has 0 aromatic rings. The van der Waals surface area contributed by atoms with Crippen LogP contribution in [0.4, 0.5) is 0 Å². The predicted octanol–water partition coefficient (Wildman–Crippen LogP) is -4.50. The zero-order chi connectivity index (χ0) is 0. The van der Waals surface area contributed by atoms with Gasteiger partial charge in [0.15, 0.2) is 0 Å². The van der Waals surface area contributed by atoms with Gasteiger partial charge in [0.25, 0.3) is 0 Å². The van der Waals surface area contributed by atoms with Crippen LogP contribution in [0.25, 0.3) is 0 Å². The van der Waals surface area contributed by atoms with E-state index in [1.54, 1.807) is 0 Å². The Morgan fingerprint density at radius 2 is 0.333 bits per heavy atom. The normalized spacial score (nSPS) is 0. The quantitative estimate of drug-likeness (QED) is 0.327. The van der Waals surface area contributed by atoms with Gasteiger partial charge in [0.1, 0.15) is 0 Å². The molecule has 0 fully saturated rings. The van der Waals surface area contributed by atoms with Gasteiger partial charge in [-0.15, -0.1) is 0 Å². The minimum Gasteiger partial charge on any atom is -0.412 e. The maximum absolute atomic E-state index is 0. The average molecular weight is 178 g/mol. The molecule has 0 aliphatic heterocycles. The molecule has 0 spiro atoms. The Morgan fingerprint density at radius 3 is 0.333 bits per heavy atom. The van der Waals surface area contributed by atoms with Crippen LogP contribution in [0.15, 0.2) is 0 Å². The fraction of sp³-hybridized carbons (Fsp3) is 0. The summed E-state index contributed by atoms with van der Waals surface area (Å²) in [6.07, 6.45) is 0. The molecule has 0 aliphatic rings. The van der Waals surface area contributed by atoms with Crippen molar-refractivity contribution in [3.8, 4) is 0 Å². The van der Waals surface area contributed by atoms with Crippen LogP contribution in [-0.4, -0.2) is 72.9 Å². The summed E-state index contributed by atoms with van der Waals surface area (Å²) in [6.45, 7) is 0. The van der Waals surface area contributed by atoms with E-state index >= 15 is 0 Å². The first kappa shape index (κ1) is 175. The van der Waals surface area contributed by atoms with Crippen molar-refractivity contribution < 1.29 is 27.4 Å². The molecule has 0 amide bonds. The van der Waals surface area contributed by atoms with E-state index in [-0.39, 0.29) is 72.9 Å². The molecule has 2 radical (unpaired) electrons. The molecule has 0 unspecified atom stereocenters. The molecule has 0 heterocycles. The molecule has 5 nitrogen and oxygen atoms in total. The molecular formula is H10O5Sr. The third kappa shape index (κ3) is 59.0. The van der Waals surface area contributed by atoms with Crippen LogP contribution < -0.4 is 0 Å². The molecular weight excluding hydrogens is 168 g/mol. The molecule has 0 bridgehead atoms. The summed E-state index contributed by atoms with van der Waals surface area (Å²) in [6, 6.07) is 0. The van der Waals surface area contributed by atoms with E-state index in [4.69, 9.17) is 0 Å². The van der Waals surface area contributed by atoms with Crippen molar-refractivity contribution in [2.45, 2.75) is 0 Å². The number of hydrogen-bond donors (Lipinski definition) is 0. The SMILES string of the molecule is O.O.O.O.O.[Sr]. The second-order valence-electron chi connectivity index (χ2n) is 0. The second-order valence-corrected chi connectivity index (χ2v) is 0. The fourth-order valence-electron chi connectivity index (χ4n) is 0. The Hall–Kier alpha value is 1.28. The Morgan fingerprint density at radius 1 is 0.333 bits per heavy atom. The van der Waals surface area contributed by atoms with Gasteiger partial charge in [0.2, 0.25) is 0 Å². The van der Waals surface area contributed by atoms with E-state index in [0.717, 1.165) is 0 Å². The Kier molecular flexibility index (Phi) is 3120. The zero-order valence-electron chi connectivity index (χ0n) is 3.21. The summed E-state index contributed by atoms with van der Waals surface area (Å²) in [5.41, 5.74) is 0. The molecule has 6 heavy (non-hydrogen) atoms. The van der Waals surface area contributed by atoms with E-state index in [0.29, 0.717) is 0 Å². The van der Waals surface area contributed by atoms with Crippen LogP contribution in [0.3, 0.4) is 0 Å². The largest absolute Gasteiger partial charge is 0.412 e. The van der Waals surface area contributed by atoms with Gasteiger partial charge in [0.05, 0.1) is 0 Å². The van der Waals surface area contributed by atoms with Crippen LogP contribution in [-0.2, 0) is 0 Å². The summed E-state index contributed by atoms with van der Waals surface area (Å²) in [5.74, 6) is 0. The minimum absolute atomic E-state index is 0. The van der Waals surface area contributed by atoms with E-state index in [9.17, 15) is 0 Å². The fourth-order valence-corrected chi connectivity index (χ4v) is 0. The summed E-state index contributed by atoms with van der Waals surface area (Å²) < 4.78 is 0. The smallest absolute Gasteiger partial charge is 0 e. The van der Waals surface area contributed by atoms with Gasteiger partial charge in [-0.05, 0) is 0 Å².